The first kappa shape index (κ1) is 29.9. The molecule has 3 aromatic carbocycles. The van der Waals surface area contributed by atoms with Crippen LogP contribution in [-0.2, 0) is 32.8 Å². The minimum atomic E-state index is -4.00. The lowest BCUT2D eigenvalue weighted by Crippen LogP contribution is -2.55. The number of carbonyl (C=O) groups excluding carboxylic acids is 2. The first-order valence-electron chi connectivity index (χ1n) is 13.1. The fourth-order valence-electron chi connectivity index (χ4n) is 4.09. The number of rotatable bonds is 13. The molecule has 0 radical (unpaired) electrons. The topological polar surface area (TPSA) is 90.0 Å². The van der Waals surface area contributed by atoms with Gasteiger partial charge in [-0.15, -0.1) is 0 Å². The molecule has 9 heteroatoms. The molecule has 0 saturated heterocycles. The molecule has 208 valence electrons. The van der Waals surface area contributed by atoms with Crippen molar-refractivity contribution in [2.75, 3.05) is 24.9 Å². The first-order valence-corrected chi connectivity index (χ1v) is 14.5. The van der Waals surface area contributed by atoms with Crippen molar-refractivity contribution in [2.45, 2.75) is 45.3 Å². The zero-order valence-electron chi connectivity index (χ0n) is 23.0. The van der Waals surface area contributed by atoms with Gasteiger partial charge in [0.25, 0.3) is 0 Å². The lowest BCUT2D eigenvalue weighted by Gasteiger charge is -2.34. The second-order valence-corrected chi connectivity index (χ2v) is 11.7. The van der Waals surface area contributed by atoms with Gasteiger partial charge in [0.05, 0.1) is 5.69 Å². The Labute approximate surface area is 232 Å². The summed E-state index contributed by atoms with van der Waals surface area (Å²) in [7, 11) is -1.15. The van der Waals surface area contributed by atoms with Gasteiger partial charge in [-0.3, -0.25) is 9.59 Å². The van der Waals surface area contributed by atoms with Gasteiger partial charge < -0.3 is 10.2 Å². The third-order valence-corrected chi connectivity index (χ3v) is 8.35. The van der Waals surface area contributed by atoms with Crippen molar-refractivity contribution in [3.8, 4) is 0 Å². The number of nitrogens with zero attached hydrogens (tertiary/aromatic N) is 3. The van der Waals surface area contributed by atoms with Crippen molar-refractivity contribution in [3.05, 3.63) is 102 Å². The van der Waals surface area contributed by atoms with Crippen LogP contribution < -0.4 is 9.62 Å². The van der Waals surface area contributed by atoms with Crippen molar-refractivity contribution >= 4 is 27.7 Å². The fourth-order valence-corrected chi connectivity index (χ4v) is 5.14. The highest BCUT2D eigenvalue weighted by atomic mass is 32.2. The molecule has 0 fully saturated rings. The maximum atomic E-state index is 14.1. The molecule has 2 atom stereocenters. The Kier molecular flexibility index (Phi) is 10.7. The average Bonchev–Trinajstić information content (AvgIpc) is 2.94. The lowest BCUT2D eigenvalue weighted by molar-refractivity contribution is -0.140. The highest BCUT2D eigenvalue weighted by Crippen LogP contribution is 2.21. The molecule has 0 heterocycles. The van der Waals surface area contributed by atoms with Gasteiger partial charge in [0.2, 0.25) is 11.8 Å². The summed E-state index contributed by atoms with van der Waals surface area (Å²) in [4.78, 5) is 29.3. The molecule has 0 saturated carbocycles. The summed E-state index contributed by atoms with van der Waals surface area (Å²) in [5.41, 5.74) is 2.10. The van der Waals surface area contributed by atoms with Gasteiger partial charge in [0, 0.05) is 33.1 Å². The Morgan fingerprint density at radius 1 is 0.821 bits per heavy atom. The van der Waals surface area contributed by atoms with Crippen molar-refractivity contribution in [1.82, 2.24) is 14.5 Å². The van der Waals surface area contributed by atoms with Crippen LogP contribution in [0.1, 0.15) is 31.4 Å². The summed E-state index contributed by atoms with van der Waals surface area (Å²) in [6.45, 7) is 3.59. The standard InChI is InChI=1S/C30H38N4O4S/c1-5-24(2)31-30(36)28(21-25-15-9-6-10-16-25)33(22-26-17-11-7-12-18-26)29(35)23-34(39(37,38)32(3)4)27-19-13-8-14-20-27/h6-20,24,28H,5,21-23H2,1-4H3,(H,31,36). The predicted octanol–water partition coefficient (Wildman–Crippen LogP) is 3.85. The van der Waals surface area contributed by atoms with E-state index < -0.39 is 28.7 Å². The molecule has 2 unspecified atom stereocenters. The molecule has 3 aromatic rings. The first-order chi connectivity index (χ1) is 18.6. The minimum Gasteiger partial charge on any atom is -0.352 e. The van der Waals surface area contributed by atoms with Gasteiger partial charge in [0.15, 0.2) is 0 Å². The lowest BCUT2D eigenvalue weighted by atomic mass is 10.0. The quantitative estimate of drug-likeness (QED) is 0.350. The van der Waals surface area contributed by atoms with Gasteiger partial charge in [0.1, 0.15) is 12.6 Å². The molecular formula is C30H38N4O4S. The van der Waals surface area contributed by atoms with Gasteiger partial charge in [-0.25, -0.2) is 4.31 Å². The van der Waals surface area contributed by atoms with Gasteiger partial charge >= 0.3 is 10.2 Å². The van der Waals surface area contributed by atoms with Crippen LogP contribution in [0.15, 0.2) is 91.0 Å². The molecule has 2 amide bonds. The minimum absolute atomic E-state index is 0.0839. The number of amides is 2. The molecule has 3 rings (SSSR count). The maximum Gasteiger partial charge on any atom is 0.304 e. The summed E-state index contributed by atoms with van der Waals surface area (Å²) >= 11 is 0. The normalized spacial score (nSPS) is 12.9. The Morgan fingerprint density at radius 2 is 1.33 bits per heavy atom. The van der Waals surface area contributed by atoms with E-state index >= 15 is 0 Å². The molecule has 0 aliphatic heterocycles. The van der Waals surface area contributed by atoms with E-state index in [9.17, 15) is 18.0 Å². The summed E-state index contributed by atoms with van der Waals surface area (Å²) in [6, 6.07) is 26.5. The Balaban J connectivity index is 2.06. The van der Waals surface area contributed by atoms with E-state index in [1.807, 2.05) is 74.5 Å². The monoisotopic (exact) mass is 550 g/mol. The molecule has 39 heavy (non-hydrogen) atoms. The summed E-state index contributed by atoms with van der Waals surface area (Å²) in [6.07, 6.45) is 1.02. The summed E-state index contributed by atoms with van der Waals surface area (Å²) in [5.74, 6) is -0.757. The second-order valence-electron chi connectivity index (χ2n) is 9.66. The number of hydrogen-bond acceptors (Lipinski definition) is 4. The molecule has 1 N–H and O–H groups in total. The summed E-state index contributed by atoms with van der Waals surface area (Å²) < 4.78 is 28.8. The van der Waals surface area contributed by atoms with Crippen LogP contribution in [-0.4, -0.2) is 62.2 Å². The number of benzene rings is 3. The van der Waals surface area contributed by atoms with Crippen LogP contribution in [0.25, 0.3) is 0 Å². The zero-order chi connectivity index (χ0) is 28.4. The third kappa shape index (κ3) is 8.15. The Bertz CT molecular complexity index is 1300. The van der Waals surface area contributed by atoms with Crippen LogP contribution in [0, 0.1) is 0 Å². The molecule has 0 aliphatic rings. The second kappa shape index (κ2) is 13.9. The highest BCUT2D eigenvalue weighted by Gasteiger charge is 2.34. The smallest absolute Gasteiger partial charge is 0.304 e. The van der Waals surface area contributed by atoms with Crippen LogP contribution in [0.2, 0.25) is 0 Å². The van der Waals surface area contributed by atoms with E-state index in [2.05, 4.69) is 5.32 Å². The molecule has 0 spiro atoms. The maximum absolute atomic E-state index is 14.1. The average molecular weight is 551 g/mol. The van der Waals surface area contributed by atoms with E-state index in [0.717, 1.165) is 26.2 Å². The number of para-hydroxylation sites is 1. The van der Waals surface area contributed by atoms with Crippen molar-refractivity contribution in [2.24, 2.45) is 0 Å². The molecular weight excluding hydrogens is 512 g/mol. The largest absolute Gasteiger partial charge is 0.352 e. The van der Waals surface area contributed by atoms with E-state index in [0.29, 0.717) is 5.69 Å². The van der Waals surface area contributed by atoms with Crippen molar-refractivity contribution in [3.63, 3.8) is 0 Å². The Hall–Kier alpha value is -3.69. The van der Waals surface area contributed by atoms with E-state index in [1.165, 1.54) is 19.0 Å². The SMILES string of the molecule is CCC(C)NC(=O)C(Cc1ccccc1)N(Cc1ccccc1)C(=O)CN(c1ccccc1)S(=O)(=O)N(C)C. The molecule has 0 bridgehead atoms. The molecule has 8 nitrogen and oxygen atoms in total. The number of anilines is 1. The van der Waals surface area contributed by atoms with Crippen molar-refractivity contribution in [1.29, 1.82) is 0 Å². The van der Waals surface area contributed by atoms with Crippen LogP contribution in [0.3, 0.4) is 0 Å². The van der Waals surface area contributed by atoms with E-state index in [4.69, 9.17) is 0 Å². The van der Waals surface area contributed by atoms with Crippen LogP contribution >= 0.6 is 0 Å². The van der Waals surface area contributed by atoms with Gasteiger partial charge in [-0.2, -0.15) is 12.7 Å². The predicted molar refractivity (Wildman–Crippen MR) is 155 cm³/mol. The van der Waals surface area contributed by atoms with E-state index in [1.54, 1.807) is 30.3 Å². The number of carbonyl (C=O) groups is 2. The van der Waals surface area contributed by atoms with Crippen molar-refractivity contribution < 1.29 is 18.0 Å². The van der Waals surface area contributed by atoms with Crippen LogP contribution in [0.5, 0.6) is 0 Å². The van der Waals surface area contributed by atoms with Gasteiger partial charge in [-0.1, -0.05) is 85.8 Å². The van der Waals surface area contributed by atoms with Crippen LogP contribution in [0.4, 0.5) is 5.69 Å². The molecule has 0 aliphatic carbocycles. The van der Waals surface area contributed by atoms with Gasteiger partial charge in [-0.05, 0) is 36.6 Å². The number of hydrogen-bond donors (Lipinski definition) is 1. The highest BCUT2D eigenvalue weighted by molar-refractivity contribution is 7.90. The van der Waals surface area contributed by atoms with E-state index in [-0.39, 0.29) is 24.9 Å². The fraction of sp³-hybridized carbons (Fsp3) is 0.333. The third-order valence-electron chi connectivity index (χ3n) is 6.53. The number of nitrogens with one attached hydrogen (secondary N) is 1. The molecule has 0 aromatic heterocycles. The Morgan fingerprint density at radius 3 is 1.85 bits per heavy atom. The summed E-state index contributed by atoms with van der Waals surface area (Å²) in [5, 5.41) is 3.03. The zero-order valence-corrected chi connectivity index (χ0v) is 23.8.